The van der Waals surface area contributed by atoms with Gasteiger partial charge in [-0.1, -0.05) is 6.92 Å². The van der Waals surface area contributed by atoms with Gasteiger partial charge < -0.3 is 19.7 Å². The van der Waals surface area contributed by atoms with Crippen LogP contribution in [0.1, 0.15) is 18.9 Å². The summed E-state index contributed by atoms with van der Waals surface area (Å²) in [6, 6.07) is 2.31. The minimum Gasteiger partial charge on any atom is -0.494 e. The molecule has 2 rings (SSSR count). The molecule has 0 radical (unpaired) electrons. The van der Waals surface area contributed by atoms with Gasteiger partial charge in [-0.2, -0.15) is 0 Å². The van der Waals surface area contributed by atoms with Crippen molar-refractivity contribution in [1.82, 2.24) is 10.2 Å². The molecular formula is C15H20F2N2O3. The Morgan fingerprint density at radius 3 is 2.91 bits per heavy atom. The van der Waals surface area contributed by atoms with Gasteiger partial charge in [-0.05, 0) is 18.6 Å². The van der Waals surface area contributed by atoms with E-state index in [2.05, 4.69) is 5.32 Å². The minimum atomic E-state index is -0.845. The SMILES string of the molecule is CCC1CNCCN1C(=O)OCc1c(F)ccc(OC)c1F. The van der Waals surface area contributed by atoms with Gasteiger partial charge in [-0.15, -0.1) is 0 Å². The lowest BCUT2D eigenvalue weighted by molar-refractivity contribution is 0.0698. The van der Waals surface area contributed by atoms with Crippen molar-refractivity contribution < 1.29 is 23.0 Å². The second-order valence-corrected chi connectivity index (χ2v) is 5.06. The Balaban J connectivity index is 2.05. The van der Waals surface area contributed by atoms with Crippen LogP contribution in [0, 0.1) is 11.6 Å². The molecule has 1 saturated heterocycles. The summed E-state index contributed by atoms with van der Waals surface area (Å²) in [5, 5.41) is 3.19. The van der Waals surface area contributed by atoms with E-state index >= 15 is 0 Å². The molecule has 1 fully saturated rings. The van der Waals surface area contributed by atoms with Crippen LogP contribution in [-0.4, -0.2) is 43.8 Å². The van der Waals surface area contributed by atoms with Gasteiger partial charge in [-0.3, -0.25) is 0 Å². The fourth-order valence-corrected chi connectivity index (χ4v) is 2.45. The first-order valence-electron chi connectivity index (χ1n) is 7.23. The normalized spacial score (nSPS) is 18.2. The molecule has 1 aromatic carbocycles. The van der Waals surface area contributed by atoms with E-state index in [1.54, 1.807) is 4.90 Å². The van der Waals surface area contributed by atoms with Crippen LogP contribution in [0.3, 0.4) is 0 Å². The van der Waals surface area contributed by atoms with Crippen molar-refractivity contribution >= 4 is 6.09 Å². The average Bonchev–Trinajstić information content (AvgIpc) is 2.54. The minimum absolute atomic E-state index is 0.0289. The summed E-state index contributed by atoms with van der Waals surface area (Å²) < 4.78 is 37.6. The van der Waals surface area contributed by atoms with Crippen LogP contribution in [-0.2, 0) is 11.3 Å². The van der Waals surface area contributed by atoms with E-state index in [1.807, 2.05) is 6.92 Å². The Morgan fingerprint density at radius 1 is 1.45 bits per heavy atom. The number of carbonyl (C=O) groups excluding carboxylic acids is 1. The van der Waals surface area contributed by atoms with Gasteiger partial charge >= 0.3 is 6.09 Å². The number of halogens is 2. The second-order valence-electron chi connectivity index (χ2n) is 5.06. The molecule has 0 aromatic heterocycles. The number of amides is 1. The van der Waals surface area contributed by atoms with Crippen LogP contribution < -0.4 is 10.1 Å². The molecule has 1 amide bonds. The number of benzene rings is 1. The number of hydrogen-bond acceptors (Lipinski definition) is 4. The van der Waals surface area contributed by atoms with Gasteiger partial charge in [0.15, 0.2) is 11.6 Å². The first-order chi connectivity index (χ1) is 10.6. The molecule has 0 bridgehead atoms. The number of hydrogen-bond donors (Lipinski definition) is 1. The van der Waals surface area contributed by atoms with Crippen LogP contribution in [0.15, 0.2) is 12.1 Å². The highest BCUT2D eigenvalue weighted by Gasteiger charge is 2.27. The van der Waals surface area contributed by atoms with E-state index in [0.29, 0.717) is 19.6 Å². The number of rotatable bonds is 4. The summed E-state index contributed by atoms with van der Waals surface area (Å²) >= 11 is 0. The Bertz CT molecular complexity index is 540. The zero-order valence-electron chi connectivity index (χ0n) is 12.7. The number of methoxy groups -OCH3 is 1. The third-order valence-corrected chi connectivity index (χ3v) is 3.77. The Hall–Kier alpha value is -1.89. The molecule has 0 aliphatic carbocycles. The highest BCUT2D eigenvalue weighted by molar-refractivity contribution is 5.68. The molecule has 1 heterocycles. The monoisotopic (exact) mass is 314 g/mol. The second kappa shape index (κ2) is 7.40. The van der Waals surface area contributed by atoms with Gasteiger partial charge in [0, 0.05) is 25.7 Å². The summed E-state index contributed by atoms with van der Waals surface area (Å²) in [6.07, 6.45) is 0.222. The molecule has 0 saturated carbocycles. The van der Waals surface area contributed by atoms with Gasteiger partial charge in [0.2, 0.25) is 0 Å². The van der Waals surface area contributed by atoms with Crippen LogP contribution >= 0.6 is 0 Å². The largest absolute Gasteiger partial charge is 0.494 e. The van der Waals surface area contributed by atoms with Gasteiger partial charge in [-0.25, -0.2) is 13.6 Å². The zero-order chi connectivity index (χ0) is 16.1. The van der Waals surface area contributed by atoms with Gasteiger partial charge in [0.25, 0.3) is 0 Å². The molecule has 5 nitrogen and oxygen atoms in total. The van der Waals surface area contributed by atoms with Crippen molar-refractivity contribution in [2.24, 2.45) is 0 Å². The van der Waals surface area contributed by atoms with E-state index in [0.717, 1.165) is 12.5 Å². The molecule has 1 unspecified atom stereocenters. The van der Waals surface area contributed by atoms with Crippen LogP contribution in [0.2, 0.25) is 0 Å². The maximum absolute atomic E-state index is 14.0. The molecule has 1 atom stereocenters. The first-order valence-corrected chi connectivity index (χ1v) is 7.23. The highest BCUT2D eigenvalue weighted by atomic mass is 19.1. The number of carbonyl (C=O) groups is 1. The van der Waals surface area contributed by atoms with E-state index in [-0.39, 0.29) is 17.4 Å². The van der Waals surface area contributed by atoms with Gasteiger partial charge in [0.1, 0.15) is 12.4 Å². The molecule has 1 N–H and O–H groups in total. The predicted octanol–water partition coefficient (Wildman–Crippen LogP) is 2.29. The third kappa shape index (κ3) is 3.47. The number of nitrogens with zero attached hydrogens (tertiary/aromatic N) is 1. The topological polar surface area (TPSA) is 50.8 Å². The fraction of sp³-hybridized carbons (Fsp3) is 0.533. The Labute approximate surface area is 128 Å². The third-order valence-electron chi connectivity index (χ3n) is 3.77. The fourth-order valence-electron chi connectivity index (χ4n) is 2.45. The van der Waals surface area contributed by atoms with Gasteiger partial charge in [0.05, 0.1) is 12.7 Å². The molecule has 122 valence electrons. The summed E-state index contributed by atoms with van der Waals surface area (Å²) in [5.74, 6) is -1.69. The van der Waals surface area contributed by atoms with E-state index in [9.17, 15) is 13.6 Å². The molecule has 1 aliphatic rings. The smallest absolute Gasteiger partial charge is 0.410 e. The maximum atomic E-state index is 14.0. The van der Waals surface area contributed by atoms with Crippen molar-refractivity contribution in [2.75, 3.05) is 26.7 Å². The lowest BCUT2D eigenvalue weighted by Crippen LogP contribution is -2.53. The first kappa shape index (κ1) is 16.5. The van der Waals surface area contributed by atoms with E-state index in [1.165, 1.54) is 13.2 Å². The highest BCUT2D eigenvalue weighted by Crippen LogP contribution is 2.24. The number of nitrogens with one attached hydrogen (secondary N) is 1. The van der Waals surface area contributed by atoms with Crippen LogP contribution in [0.25, 0.3) is 0 Å². The Morgan fingerprint density at radius 2 is 2.23 bits per heavy atom. The molecule has 1 aromatic rings. The summed E-state index contributed by atoms with van der Waals surface area (Å²) in [7, 11) is 1.29. The molecule has 22 heavy (non-hydrogen) atoms. The van der Waals surface area contributed by atoms with Crippen molar-refractivity contribution in [3.63, 3.8) is 0 Å². The average molecular weight is 314 g/mol. The maximum Gasteiger partial charge on any atom is 0.410 e. The summed E-state index contributed by atoms with van der Waals surface area (Å²) in [5.41, 5.74) is -0.309. The van der Waals surface area contributed by atoms with E-state index < -0.39 is 24.3 Å². The van der Waals surface area contributed by atoms with Crippen molar-refractivity contribution in [2.45, 2.75) is 26.0 Å². The summed E-state index contributed by atoms with van der Waals surface area (Å²) in [4.78, 5) is 13.7. The quantitative estimate of drug-likeness (QED) is 0.926. The molecule has 1 aliphatic heterocycles. The molecule has 0 spiro atoms. The van der Waals surface area contributed by atoms with Crippen molar-refractivity contribution in [3.05, 3.63) is 29.3 Å². The van der Waals surface area contributed by atoms with Crippen LogP contribution in [0.4, 0.5) is 13.6 Å². The van der Waals surface area contributed by atoms with Crippen LogP contribution in [0.5, 0.6) is 5.75 Å². The predicted molar refractivity (Wildman–Crippen MR) is 76.7 cm³/mol. The molecule has 7 heteroatoms. The lowest BCUT2D eigenvalue weighted by Gasteiger charge is -2.34. The molecular weight excluding hydrogens is 294 g/mol. The standard InChI is InChI=1S/C15H20F2N2O3/c1-3-10-8-18-6-7-19(10)15(20)22-9-11-12(16)4-5-13(21-2)14(11)17/h4-5,10,18H,3,6-9H2,1-2H3. The number of ether oxygens (including phenoxy) is 2. The Kier molecular flexibility index (Phi) is 5.54. The van der Waals surface area contributed by atoms with Crippen molar-refractivity contribution in [3.8, 4) is 5.75 Å². The van der Waals surface area contributed by atoms with Crippen molar-refractivity contribution in [1.29, 1.82) is 0 Å². The lowest BCUT2D eigenvalue weighted by atomic mass is 10.1. The summed E-state index contributed by atoms with van der Waals surface area (Å²) in [6.45, 7) is 3.38. The number of piperazine rings is 1. The zero-order valence-corrected chi connectivity index (χ0v) is 12.7. The van der Waals surface area contributed by atoms with E-state index in [4.69, 9.17) is 9.47 Å².